The molecule has 2 aliphatic heterocycles. The lowest BCUT2D eigenvalue weighted by atomic mass is 10.0. The Bertz CT molecular complexity index is 931. The van der Waals surface area contributed by atoms with Crippen LogP contribution in [0.3, 0.4) is 0 Å². The Kier molecular flexibility index (Phi) is 5.21. The van der Waals surface area contributed by atoms with E-state index in [9.17, 15) is 19.3 Å². The molecule has 0 radical (unpaired) electrons. The van der Waals surface area contributed by atoms with Gasteiger partial charge >= 0.3 is 0 Å². The average Bonchev–Trinajstić information content (AvgIpc) is 3.23. The number of nitro groups is 1. The van der Waals surface area contributed by atoms with Crippen LogP contribution in [-0.2, 0) is 0 Å². The molecule has 2 heterocycles. The molecule has 0 spiro atoms. The van der Waals surface area contributed by atoms with Crippen molar-refractivity contribution in [2.45, 2.75) is 30.2 Å². The van der Waals surface area contributed by atoms with Crippen LogP contribution in [0.2, 0.25) is 0 Å². The predicted molar refractivity (Wildman–Crippen MR) is 106 cm³/mol. The number of hydrogen-bond acceptors (Lipinski definition) is 5. The van der Waals surface area contributed by atoms with Gasteiger partial charge in [-0.2, -0.15) is 0 Å². The fraction of sp³-hybridized carbons (Fsp3) is 0.350. The highest BCUT2D eigenvalue weighted by Crippen LogP contribution is 2.38. The lowest BCUT2D eigenvalue weighted by molar-refractivity contribution is -0.384. The number of nitrogens with one attached hydrogen (secondary N) is 1. The highest BCUT2D eigenvalue weighted by molar-refractivity contribution is 7.99. The molecule has 6 nitrogen and oxygen atoms in total. The molecule has 2 aromatic carbocycles. The summed E-state index contributed by atoms with van der Waals surface area (Å²) in [4.78, 5) is 26.4. The van der Waals surface area contributed by atoms with Crippen LogP contribution in [0.1, 0.15) is 41.2 Å². The van der Waals surface area contributed by atoms with Crippen LogP contribution in [0, 0.1) is 15.9 Å². The van der Waals surface area contributed by atoms with Gasteiger partial charge in [-0.15, -0.1) is 11.8 Å². The van der Waals surface area contributed by atoms with Gasteiger partial charge in [0.05, 0.1) is 11.0 Å². The molecule has 0 unspecified atom stereocenters. The number of carbonyl (C=O) groups is 1. The van der Waals surface area contributed by atoms with Crippen LogP contribution in [-0.4, -0.2) is 29.7 Å². The lowest BCUT2D eigenvalue weighted by Gasteiger charge is -2.26. The number of nitrogens with zero attached hydrogens (tertiary/aromatic N) is 2. The normalized spacial score (nSPS) is 18.6. The van der Waals surface area contributed by atoms with Crippen molar-refractivity contribution in [2.75, 3.05) is 23.7 Å². The van der Waals surface area contributed by atoms with Crippen molar-refractivity contribution in [1.29, 1.82) is 0 Å². The van der Waals surface area contributed by atoms with Gasteiger partial charge < -0.3 is 10.2 Å². The zero-order valence-corrected chi connectivity index (χ0v) is 16.0. The summed E-state index contributed by atoms with van der Waals surface area (Å²) in [5.41, 5.74) is 1.50. The molecule has 4 rings (SSSR count). The van der Waals surface area contributed by atoms with E-state index in [1.807, 2.05) is 11.0 Å². The van der Waals surface area contributed by atoms with Gasteiger partial charge in [-0.05, 0) is 43.0 Å². The van der Waals surface area contributed by atoms with Crippen molar-refractivity contribution < 1.29 is 14.1 Å². The van der Waals surface area contributed by atoms with E-state index in [0.717, 1.165) is 31.5 Å². The zero-order valence-electron chi connectivity index (χ0n) is 15.2. The summed E-state index contributed by atoms with van der Waals surface area (Å²) in [6.45, 7) is 1.57. The molecule has 0 bridgehead atoms. The van der Waals surface area contributed by atoms with Crippen molar-refractivity contribution >= 4 is 29.0 Å². The SMILES string of the molecule is O=C(N[C@H]1CCSc2c(F)cccc21)c1ccc(N2CCCC2)c([N+](=O)[O-])c1. The summed E-state index contributed by atoms with van der Waals surface area (Å²) in [6.07, 6.45) is 2.70. The first-order valence-corrected chi connectivity index (χ1v) is 10.3. The Labute approximate surface area is 166 Å². The molecule has 1 saturated heterocycles. The Morgan fingerprint density at radius 3 is 2.79 bits per heavy atom. The Balaban J connectivity index is 1.58. The molecule has 0 aromatic heterocycles. The molecular formula is C20H20FN3O3S. The third-order valence-corrected chi connectivity index (χ3v) is 6.37. The van der Waals surface area contributed by atoms with Crippen LogP contribution >= 0.6 is 11.8 Å². The summed E-state index contributed by atoms with van der Waals surface area (Å²) in [5, 5.41) is 14.5. The van der Waals surface area contributed by atoms with Crippen LogP contribution < -0.4 is 10.2 Å². The van der Waals surface area contributed by atoms with Gasteiger partial charge in [0, 0.05) is 35.4 Å². The maximum Gasteiger partial charge on any atom is 0.293 e. The van der Waals surface area contributed by atoms with Crippen molar-refractivity contribution in [3.8, 4) is 0 Å². The van der Waals surface area contributed by atoms with Crippen molar-refractivity contribution in [2.24, 2.45) is 0 Å². The van der Waals surface area contributed by atoms with E-state index >= 15 is 0 Å². The quantitative estimate of drug-likeness (QED) is 0.611. The minimum Gasteiger partial charge on any atom is -0.366 e. The predicted octanol–water partition coefficient (Wildman–Crippen LogP) is 4.30. The van der Waals surface area contributed by atoms with Gasteiger partial charge in [0.2, 0.25) is 0 Å². The van der Waals surface area contributed by atoms with Gasteiger partial charge in [-0.3, -0.25) is 14.9 Å². The number of fused-ring (bicyclic) bond motifs is 1. The second-order valence-electron chi connectivity index (χ2n) is 6.98. The second kappa shape index (κ2) is 7.79. The number of thioether (sulfide) groups is 1. The third kappa shape index (κ3) is 3.56. The monoisotopic (exact) mass is 401 g/mol. The molecule has 0 saturated carbocycles. The number of carbonyl (C=O) groups excluding carboxylic acids is 1. The van der Waals surface area contributed by atoms with Crippen LogP contribution in [0.4, 0.5) is 15.8 Å². The average molecular weight is 401 g/mol. The van der Waals surface area contributed by atoms with Gasteiger partial charge in [0.25, 0.3) is 11.6 Å². The zero-order chi connectivity index (χ0) is 19.7. The molecule has 1 amide bonds. The highest BCUT2D eigenvalue weighted by Gasteiger charge is 2.27. The minimum absolute atomic E-state index is 0.0554. The van der Waals surface area contributed by atoms with Crippen molar-refractivity contribution in [3.05, 3.63) is 63.5 Å². The maximum atomic E-state index is 14.0. The second-order valence-corrected chi connectivity index (χ2v) is 8.08. The Morgan fingerprint density at radius 2 is 2.04 bits per heavy atom. The first-order valence-electron chi connectivity index (χ1n) is 9.30. The van der Waals surface area contributed by atoms with Crippen LogP contribution in [0.15, 0.2) is 41.3 Å². The molecule has 0 aliphatic carbocycles. The standard InChI is InChI=1S/C20H20FN3O3S/c21-15-5-3-4-14-16(8-11-28-19(14)15)22-20(25)13-6-7-17(18(12-13)24(26)27)23-9-1-2-10-23/h3-7,12,16H,1-2,8-11H2,(H,22,25)/t16-/m0/s1. The maximum absolute atomic E-state index is 14.0. The fourth-order valence-electron chi connectivity index (χ4n) is 3.81. The molecule has 1 fully saturated rings. The number of benzene rings is 2. The Morgan fingerprint density at radius 1 is 1.25 bits per heavy atom. The van der Waals surface area contributed by atoms with E-state index in [1.54, 1.807) is 18.2 Å². The van der Waals surface area contributed by atoms with Crippen LogP contribution in [0.25, 0.3) is 0 Å². The largest absolute Gasteiger partial charge is 0.366 e. The highest BCUT2D eigenvalue weighted by atomic mass is 32.2. The number of amides is 1. The van der Waals surface area contributed by atoms with E-state index in [4.69, 9.17) is 0 Å². The lowest BCUT2D eigenvalue weighted by Crippen LogP contribution is -2.31. The number of hydrogen-bond donors (Lipinski definition) is 1. The first-order chi connectivity index (χ1) is 13.5. The van der Waals surface area contributed by atoms with E-state index in [-0.39, 0.29) is 29.0 Å². The summed E-state index contributed by atoms with van der Waals surface area (Å²) in [5.74, 6) is 0.0302. The van der Waals surface area contributed by atoms with E-state index in [1.165, 1.54) is 23.9 Å². The molecule has 1 atom stereocenters. The topological polar surface area (TPSA) is 75.5 Å². The molecule has 28 heavy (non-hydrogen) atoms. The molecule has 8 heteroatoms. The van der Waals surface area contributed by atoms with Crippen LogP contribution in [0.5, 0.6) is 0 Å². The molecular weight excluding hydrogens is 381 g/mol. The summed E-state index contributed by atoms with van der Waals surface area (Å²) >= 11 is 1.44. The summed E-state index contributed by atoms with van der Waals surface area (Å²) in [6, 6.07) is 9.17. The third-order valence-electron chi connectivity index (χ3n) is 5.21. The Hall–Kier alpha value is -2.61. The molecule has 1 N–H and O–H groups in total. The van der Waals surface area contributed by atoms with Gasteiger partial charge in [0.1, 0.15) is 11.5 Å². The minimum atomic E-state index is -0.438. The molecule has 2 aromatic rings. The van der Waals surface area contributed by atoms with Crippen molar-refractivity contribution in [1.82, 2.24) is 5.32 Å². The van der Waals surface area contributed by atoms with E-state index < -0.39 is 4.92 Å². The van der Waals surface area contributed by atoms with E-state index in [2.05, 4.69) is 5.32 Å². The van der Waals surface area contributed by atoms with E-state index in [0.29, 0.717) is 22.8 Å². The van der Waals surface area contributed by atoms with Gasteiger partial charge in [-0.25, -0.2) is 4.39 Å². The smallest absolute Gasteiger partial charge is 0.293 e. The van der Waals surface area contributed by atoms with Gasteiger partial charge in [0.15, 0.2) is 0 Å². The number of nitro benzene ring substituents is 1. The summed E-state index contributed by atoms with van der Waals surface area (Å²) in [7, 11) is 0. The van der Waals surface area contributed by atoms with Crippen molar-refractivity contribution in [3.63, 3.8) is 0 Å². The number of rotatable bonds is 4. The number of halogens is 1. The number of anilines is 1. The molecule has 2 aliphatic rings. The first kappa shape index (κ1) is 18.7. The molecule has 146 valence electrons. The fourth-order valence-corrected chi connectivity index (χ4v) is 4.95. The van der Waals surface area contributed by atoms with Gasteiger partial charge in [-0.1, -0.05) is 12.1 Å². The summed E-state index contributed by atoms with van der Waals surface area (Å²) < 4.78 is 14.0.